The van der Waals surface area contributed by atoms with Crippen molar-refractivity contribution in [1.29, 1.82) is 0 Å². The summed E-state index contributed by atoms with van der Waals surface area (Å²) in [7, 11) is 0. The Morgan fingerprint density at radius 3 is 2.25 bits per heavy atom. The van der Waals surface area contributed by atoms with E-state index in [0.717, 1.165) is 33.5 Å². The fraction of sp³-hybridized carbons (Fsp3) is 0.125. The molecule has 4 heteroatoms. The van der Waals surface area contributed by atoms with Gasteiger partial charge in [-0.25, -0.2) is 0 Å². The van der Waals surface area contributed by atoms with Crippen LogP contribution >= 0.6 is 0 Å². The standard InChI is InChI=1S/C24H21NO3/c1-17-6-10-20(11-7-17)28-21-12-8-18(9-13-21)15-25-16-19(14-24(26)27)22-4-2-3-5-23(22)25/h2-13,16H,14-15H2,1H3,(H,26,27). The molecule has 1 heterocycles. The van der Waals surface area contributed by atoms with E-state index < -0.39 is 5.97 Å². The lowest BCUT2D eigenvalue weighted by atomic mass is 10.1. The predicted molar refractivity (Wildman–Crippen MR) is 110 cm³/mol. The summed E-state index contributed by atoms with van der Waals surface area (Å²) >= 11 is 0. The summed E-state index contributed by atoms with van der Waals surface area (Å²) in [6, 6.07) is 23.9. The van der Waals surface area contributed by atoms with Gasteiger partial charge in [0.25, 0.3) is 0 Å². The van der Waals surface area contributed by atoms with Crippen molar-refractivity contribution in [3.8, 4) is 11.5 Å². The number of carbonyl (C=O) groups is 1. The number of aryl methyl sites for hydroxylation is 1. The molecule has 0 saturated carbocycles. The average molecular weight is 371 g/mol. The van der Waals surface area contributed by atoms with E-state index in [1.54, 1.807) is 0 Å². The van der Waals surface area contributed by atoms with Gasteiger partial charge in [0.05, 0.1) is 6.42 Å². The fourth-order valence-corrected chi connectivity index (χ4v) is 3.36. The second kappa shape index (κ2) is 7.61. The van der Waals surface area contributed by atoms with Gasteiger partial charge >= 0.3 is 5.97 Å². The Morgan fingerprint density at radius 2 is 1.57 bits per heavy atom. The number of aliphatic carboxylic acids is 1. The lowest BCUT2D eigenvalue weighted by Gasteiger charge is -2.09. The summed E-state index contributed by atoms with van der Waals surface area (Å²) in [6.07, 6.45) is 1.96. The first-order valence-electron chi connectivity index (χ1n) is 9.20. The van der Waals surface area contributed by atoms with Crippen LogP contribution in [0.3, 0.4) is 0 Å². The first-order valence-corrected chi connectivity index (χ1v) is 9.20. The number of carboxylic acid groups (broad SMARTS) is 1. The van der Waals surface area contributed by atoms with Crippen molar-refractivity contribution in [2.75, 3.05) is 0 Å². The molecule has 28 heavy (non-hydrogen) atoms. The summed E-state index contributed by atoms with van der Waals surface area (Å²) in [5.41, 5.74) is 4.20. The monoisotopic (exact) mass is 371 g/mol. The Hall–Kier alpha value is -3.53. The Balaban J connectivity index is 1.54. The third kappa shape index (κ3) is 3.91. The maximum Gasteiger partial charge on any atom is 0.307 e. The molecule has 0 spiro atoms. The number of fused-ring (bicyclic) bond motifs is 1. The molecular formula is C24H21NO3. The third-order valence-corrected chi connectivity index (χ3v) is 4.75. The van der Waals surface area contributed by atoms with E-state index in [2.05, 4.69) is 4.57 Å². The highest BCUT2D eigenvalue weighted by atomic mass is 16.5. The van der Waals surface area contributed by atoms with Crippen molar-refractivity contribution in [3.63, 3.8) is 0 Å². The van der Waals surface area contributed by atoms with Crippen LogP contribution in [0.25, 0.3) is 10.9 Å². The van der Waals surface area contributed by atoms with Gasteiger partial charge in [0.2, 0.25) is 0 Å². The molecule has 0 fully saturated rings. The molecule has 0 unspecified atom stereocenters. The second-order valence-corrected chi connectivity index (χ2v) is 6.93. The van der Waals surface area contributed by atoms with Gasteiger partial charge in [-0.1, -0.05) is 48.0 Å². The van der Waals surface area contributed by atoms with Gasteiger partial charge in [0.1, 0.15) is 11.5 Å². The number of hydrogen-bond acceptors (Lipinski definition) is 2. The minimum absolute atomic E-state index is 0.0246. The van der Waals surface area contributed by atoms with Crippen LogP contribution in [0.15, 0.2) is 79.0 Å². The van der Waals surface area contributed by atoms with Crippen LogP contribution in [0, 0.1) is 6.92 Å². The molecule has 0 saturated heterocycles. The molecule has 0 radical (unpaired) electrons. The molecule has 3 aromatic carbocycles. The number of carboxylic acids is 1. The number of para-hydroxylation sites is 1. The van der Waals surface area contributed by atoms with Gasteiger partial charge in [-0.15, -0.1) is 0 Å². The molecule has 4 aromatic rings. The van der Waals surface area contributed by atoms with Gasteiger partial charge < -0.3 is 14.4 Å². The zero-order chi connectivity index (χ0) is 19.5. The molecule has 0 aliphatic rings. The highest BCUT2D eigenvalue weighted by Gasteiger charge is 2.11. The summed E-state index contributed by atoms with van der Waals surface area (Å²) in [5, 5.41) is 10.2. The van der Waals surface area contributed by atoms with E-state index >= 15 is 0 Å². The van der Waals surface area contributed by atoms with Crippen molar-refractivity contribution in [3.05, 3.63) is 95.7 Å². The minimum atomic E-state index is -0.819. The zero-order valence-electron chi connectivity index (χ0n) is 15.6. The molecular weight excluding hydrogens is 350 g/mol. The maximum absolute atomic E-state index is 11.2. The smallest absolute Gasteiger partial charge is 0.307 e. The molecule has 0 aliphatic carbocycles. The van der Waals surface area contributed by atoms with Crippen LogP contribution in [0.1, 0.15) is 16.7 Å². The van der Waals surface area contributed by atoms with Gasteiger partial charge in [-0.3, -0.25) is 4.79 Å². The molecule has 4 nitrogen and oxygen atoms in total. The zero-order valence-corrected chi connectivity index (χ0v) is 15.6. The van der Waals surface area contributed by atoms with Crippen LogP contribution in [0.2, 0.25) is 0 Å². The summed E-state index contributed by atoms with van der Waals surface area (Å²) in [4.78, 5) is 11.2. The number of benzene rings is 3. The number of ether oxygens (including phenoxy) is 1. The SMILES string of the molecule is Cc1ccc(Oc2ccc(Cn3cc(CC(=O)O)c4ccccc43)cc2)cc1. The molecule has 140 valence electrons. The first-order chi connectivity index (χ1) is 13.6. The molecule has 1 N–H and O–H groups in total. The van der Waals surface area contributed by atoms with E-state index in [1.165, 1.54) is 5.56 Å². The topological polar surface area (TPSA) is 51.5 Å². The highest BCUT2D eigenvalue weighted by Crippen LogP contribution is 2.25. The van der Waals surface area contributed by atoms with E-state index in [0.29, 0.717) is 6.54 Å². The number of nitrogens with zero attached hydrogens (tertiary/aromatic N) is 1. The van der Waals surface area contributed by atoms with Crippen LogP contribution < -0.4 is 4.74 Å². The largest absolute Gasteiger partial charge is 0.481 e. The lowest BCUT2D eigenvalue weighted by molar-refractivity contribution is -0.136. The number of rotatable bonds is 6. The molecule has 0 atom stereocenters. The number of hydrogen-bond donors (Lipinski definition) is 1. The highest BCUT2D eigenvalue weighted by molar-refractivity contribution is 5.87. The predicted octanol–water partition coefficient (Wildman–Crippen LogP) is 5.42. The Kier molecular flexibility index (Phi) is 4.85. The van der Waals surface area contributed by atoms with Crippen LogP contribution in [-0.2, 0) is 17.8 Å². The Morgan fingerprint density at radius 1 is 0.929 bits per heavy atom. The lowest BCUT2D eigenvalue weighted by Crippen LogP contribution is -2.00. The van der Waals surface area contributed by atoms with Crippen molar-refractivity contribution in [1.82, 2.24) is 4.57 Å². The quantitative estimate of drug-likeness (QED) is 0.492. The maximum atomic E-state index is 11.2. The molecule has 0 aliphatic heterocycles. The Bertz CT molecular complexity index is 1110. The van der Waals surface area contributed by atoms with Crippen LogP contribution in [0.5, 0.6) is 11.5 Å². The van der Waals surface area contributed by atoms with Gasteiger partial charge in [0.15, 0.2) is 0 Å². The summed E-state index contributed by atoms with van der Waals surface area (Å²) in [5.74, 6) is 0.783. The first kappa shape index (κ1) is 17.9. The van der Waals surface area contributed by atoms with E-state index in [9.17, 15) is 4.79 Å². The average Bonchev–Trinajstić information content (AvgIpc) is 3.02. The van der Waals surface area contributed by atoms with Crippen LogP contribution in [-0.4, -0.2) is 15.6 Å². The summed E-state index contributed by atoms with van der Waals surface area (Å²) in [6.45, 7) is 2.72. The van der Waals surface area contributed by atoms with Gasteiger partial charge in [-0.2, -0.15) is 0 Å². The molecule has 1 aromatic heterocycles. The minimum Gasteiger partial charge on any atom is -0.481 e. The van der Waals surface area contributed by atoms with Crippen molar-refractivity contribution < 1.29 is 14.6 Å². The summed E-state index contributed by atoms with van der Waals surface area (Å²) < 4.78 is 7.99. The normalized spacial score (nSPS) is 10.9. The van der Waals surface area contributed by atoms with Crippen LogP contribution in [0.4, 0.5) is 0 Å². The van der Waals surface area contributed by atoms with Crippen molar-refractivity contribution >= 4 is 16.9 Å². The number of aromatic nitrogens is 1. The van der Waals surface area contributed by atoms with E-state index in [-0.39, 0.29) is 6.42 Å². The van der Waals surface area contributed by atoms with Gasteiger partial charge in [-0.05, 0) is 48.4 Å². The van der Waals surface area contributed by atoms with E-state index in [4.69, 9.17) is 9.84 Å². The third-order valence-electron chi connectivity index (χ3n) is 4.75. The Labute approximate surface area is 163 Å². The second-order valence-electron chi connectivity index (χ2n) is 6.93. The van der Waals surface area contributed by atoms with E-state index in [1.807, 2.05) is 85.9 Å². The molecule has 0 bridgehead atoms. The van der Waals surface area contributed by atoms with Gasteiger partial charge in [0, 0.05) is 23.6 Å². The molecule has 4 rings (SSSR count). The fourth-order valence-electron chi connectivity index (χ4n) is 3.36. The van der Waals surface area contributed by atoms with Crippen molar-refractivity contribution in [2.45, 2.75) is 19.9 Å². The molecule has 0 amide bonds. The van der Waals surface area contributed by atoms with Crippen molar-refractivity contribution in [2.24, 2.45) is 0 Å².